The summed E-state index contributed by atoms with van der Waals surface area (Å²) in [6.07, 6.45) is 2.78. The van der Waals surface area contributed by atoms with Gasteiger partial charge in [-0.05, 0) is 50.6 Å². The van der Waals surface area contributed by atoms with Gasteiger partial charge in [-0.25, -0.2) is 0 Å². The third kappa shape index (κ3) is 4.53. The van der Waals surface area contributed by atoms with E-state index in [0.29, 0.717) is 6.42 Å². The lowest BCUT2D eigenvalue weighted by Crippen LogP contribution is -2.31. The van der Waals surface area contributed by atoms with E-state index in [1.165, 1.54) is 12.8 Å². The molecule has 4 nitrogen and oxygen atoms in total. The van der Waals surface area contributed by atoms with Crippen LogP contribution in [0, 0.1) is 0 Å². The van der Waals surface area contributed by atoms with Crippen LogP contribution in [0.5, 0.6) is 5.75 Å². The van der Waals surface area contributed by atoms with Gasteiger partial charge < -0.3 is 9.47 Å². The highest BCUT2D eigenvalue weighted by atomic mass is 16.5. The Labute approximate surface area is 120 Å². The van der Waals surface area contributed by atoms with Gasteiger partial charge in [-0.15, -0.1) is 0 Å². The van der Waals surface area contributed by atoms with Crippen molar-refractivity contribution in [2.45, 2.75) is 32.3 Å². The predicted molar refractivity (Wildman–Crippen MR) is 77.9 cm³/mol. The number of hydrogen-bond donors (Lipinski definition) is 0. The van der Waals surface area contributed by atoms with Crippen molar-refractivity contribution < 1.29 is 14.3 Å². The molecule has 0 aromatic heterocycles. The van der Waals surface area contributed by atoms with Crippen LogP contribution in [0.15, 0.2) is 24.3 Å². The second kappa shape index (κ2) is 7.29. The minimum atomic E-state index is -0.165. The highest BCUT2D eigenvalue weighted by molar-refractivity contribution is 5.72. The van der Waals surface area contributed by atoms with Gasteiger partial charge in [0.25, 0.3) is 0 Å². The summed E-state index contributed by atoms with van der Waals surface area (Å²) in [4.78, 5) is 14.2. The molecule has 1 aromatic rings. The van der Waals surface area contributed by atoms with Crippen LogP contribution >= 0.6 is 0 Å². The topological polar surface area (TPSA) is 38.8 Å². The lowest BCUT2D eigenvalue weighted by molar-refractivity contribution is -0.148. The van der Waals surface area contributed by atoms with Gasteiger partial charge in [0.05, 0.1) is 13.5 Å². The largest absolute Gasteiger partial charge is 0.497 e. The second-order valence-electron chi connectivity index (χ2n) is 5.33. The van der Waals surface area contributed by atoms with Crippen LogP contribution in [-0.2, 0) is 16.0 Å². The number of likely N-dealkylation sites (tertiary alicyclic amines) is 1. The van der Waals surface area contributed by atoms with Crippen LogP contribution in [0.25, 0.3) is 0 Å². The van der Waals surface area contributed by atoms with Crippen molar-refractivity contribution >= 4 is 5.97 Å². The average molecular weight is 277 g/mol. The van der Waals surface area contributed by atoms with Gasteiger partial charge in [-0.1, -0.05) is 12.1 Å². The Balaban J connectivity index is 1.75. The van der Waals surface area contributed by atoms with E-state index in [-0.39, 0.29) is 12.1 Å². The Morgan fingerprint density at radius 3 is 2.50 bits per heavy atom. The molecule has 0 saturated carbocycles. The maximum absolute atomic E-state index is 11.9. The SMILES string of the molecule is COc1ccc(CC(=O)O[C@@H](C)CN2CCCC2)cc1. The van der Waals surface area contributed by atoms with E-state index in [0.717, 1.165) is 30.9 Å². The quantitative estimate of drug-likeness (QED) is 0.748. The fourth-order valence-electron chi connectivity index (χ4n) is 2.54. The average Bonchev–Trinajstić information content (AvgIpc) is 2.92. The minimum Gasteiger partial charge on any atom is -0.497 e. The summed E-state index contributed by atoms with van der Waals surface area (Å²) >= 11 is 0. The van der Waals surface area contributed by atoms with Crippen LogP contribution in [-0.4, -0.2) is 43.7 Å². The number of methoxy groups -OCH3 is 1. The molecule has 1 aliphatic heterocycles. The molecule has 0 amide bonds. The Bertz CT molecular complexity index is 424. The number of ether oxygens (including phenoxy) is 2. The molecular weight excluding hydrogens is 254 g/mol. The molecule has 4 heteroatoms. The summed E-state index contributed by atoms with van der Waals surface area (Å²) in [7, 11) is 1.63. The number of rotatable bonds is 6. The second-order valence-corrected chi connectivity index (χ2v) is 5.33. The maximum Gasteiger partial charge on any atom is 0.310 e. The van der Waals surface area contributed by atoms with E-state index >= 15 is 0 Å². The van der Waals surface area contributed by atoms with Crippen molar-refractivity contribution in [3.63, 3.8) is 0 Å². The molecular formula is C16H23NO3. The van der Waals surface area contributed by atoms with Crippen molar-refractivity contribution in [2.24, 2.45) is 0 Å². The van der Waals surface area contributed by atoms with Crippen molar-refractivity contribution in [1.29, 1.82) is 0 Å². The Kier molecular flexibility index (Phi) is 5.41. The first-order valence-corrected chi connectivity index (χ1v) is 7.22. The molecule has 0 bridgehead atoms. The number of carbonyl (C=O) groups is 1. The molecule has 1 aliphatic rings. The third-order valence-electron chi connectivity index (χ3n) is 3.55. The monoisotopic (exact) mass is 277 g/mol. The van der Waals surface area contributed by atoms with Crippen molar-refractivity contribution in [2.75, 3.05) is 26.7 Å². The molecule has 0 unspecified atom stereocenters. The Morgan fingerprint density at radius 1 is 1.25 bits per heavy atom. The molecule has 110 valence electrons. The summed E-state index contributed by atoms with van der Waals surface area (Å²) < 4.78 is 10.6. The molecule has 1 heterocycles. The van der Waals surface area contributed by atoms with E-state index in [1.807, 2.05) is 31.2 Å². The molecule has 1 fully saturated rings. The number of benzene rings is 1. The number of hydrogen-bond acceptors (Lipinski definition) is 4. The molecule has 0 radical (unpaired) electrons. The van der Waals surface area contributed by atoms with Gasteiger partial charge in [0.2, 0.25) is 0 Å². The molecule has 0 aliphatic carbocycles. The number of esters is 1. The van der Waals surface area contributed by atoms with E-state index in [1.54, 1.807) is 7.11 Å². The van der Waals surface area contributed by atoms with Gasteiger partial charge in [0, 0.05) is 6.54 Å². The summed E-state index contributed by atoms with van der Waals surface area (Å²) in [6.45, 7) is 5.05. The zero-order valence-electron chi connectivity index (χ0n) is 12.3. The van der Waals surface area contributed by atoms with Crippen molar-refractivity contribution in [1.82, 2.24) is 4.90 Å². The number of nitrogens with zero attached hydrogens (tertiary/aromatic N) is 1. The van der Waals surface area contributed by atoms with Crippen molar-refractivity contribution in [3.05, 3.63) is 29.8 Å². The van der Waals surface area contributed by atoms with E-state index in [2.05, 4.69) is 4.90 Å². The summed E-state index contributed by atoms with van der Waals surface area (Å²) in [6, 6.07) is 7.50. The van der Waals surface area contributed by atoms with Crippen LogP contribution in [0.1, 0.15) is 25.3 Å². The fourth-order valence-corrected chi connectivity index (χ4v) is 2.54. The van der Waals surface area contributed by atoms with Crippen LogP contribution < -0.4 is 4.74 Å². The van der Waals surface area contributed by atoms with Crippen LogP contribution in [0.3, 0.4) is 0 Å². The molecule has 1 saturated heterocycles. The van der Waals surface area contributed by atoms with E-state index in [9.17, 15) is 4.79 Å². The highest BCUT2D eigenvalue weighted by Crippen LogP contribution is 2.13. The molecule has 20 heavy (non-hydrogen) atoms. The predicted octanol–water partition coefficient (Wildman–Crippen LogP) is 2.27. The van der Waals surface area contributed by atoms with E-state index in [4.69, 9.17) is 9.47 Å². The summed E-state index contributed by atoms with van der Waals surface area (Å²) in [5.74, 6) is 0.631. The van der Waals surface area contributed by atoms with Crippen molar-refractivity contribution in [3.8, 4) is 5.75 Å². The lowest BCUT2D eigenvalue weighted by atomic mass is 10.1. The summed E-state index contributed by atoms with van der Waals surface area (Å²) in [5, 5.41) is 0. The fraction of sp³-hybridized carbons (Fsp3) is 0.562. The zero-order chi connectivity index (χ0) is 14.4. The van der Waals surface area contributed by atoms with Gasteiger partial charge in [-0.3, -0.25) is 9.69 Å². The first-order valence-electron chi connectivity index (χ1n) is 7.22. The van der Waals surface area contributed by atoms with Crippen LogP contribution in [0.2, 0.25) is 0 Å². The standard InChI is InChI=1S/C16H23NO3/c1-13(12-17-9-3-4-10-17)20-16(18)11-14-5-7-15(19-2)8-6-14/h5-8,13H,3-4,9-12H2,1-2H3/t13-/m0/s1. The Hall–Kier alpha value is -1.55. The lowest BCUT2D eigenvalue weighted by Gasteiger charge is -2.20. The normalized spacial score (nSPS) is 16.9. The summed E-state index contributed by atoms with van der Waals surface area (Å²) in [5.41, 5.74) is 0.948. The van der Waals surface area contributed by atoms with Gasteiger partial charge >= 0.3 is 5.97 Å². The first kappa shape index (κ1) is 14.9. The molecule has 0 spiro atoms. The molecule has 1 atom stereocenters. The third-order valence-corrected chi connectivity index (χ3v) is 3.55. The highest BCUT2D eigenvalue weighted by Gasteiger charge is 2.17. The molecule has 1 aromatic carbocycles. The maximum atomic E-state index is 11.9. The Morgan fingerprint density at radius 2 is 1.90 bits per heavy atom. The smallest absolute Gasteiger partial charge is 0.310 e. The number of carbonyl (C=O) groups excluding carboxylic acids is 1. The first-order chi connectivity index (χ1) is 9.67. The van der Waals surface area contributed by atoms with Gasteiger partial charge in [0.1, 0.15) is 11.9 Å². The zero-order valence-corrected chi connectivity index (χ0v) is 12.3. The molecule has 0 N–H and O–H groups in total. The van der Waals surface area contributed by atoms with Gasteiger partial charge in [0.15, 0.2) is 0 Å². The minimum absolute atomic E-state index is 0.0427. The van der Waals surface area contributed by atoms with Gasteiger partial charge in [-0.2, -0.15) is 0 Å². The van der Waals surface area contributed by atoms with E-state index < -0.39 is 0 Å². The van der Waals surface area contributed by atoms with Crippen LogP contribution in [0.4, 0.5) is 0 Å². The molecule has 2 rings (SSSR count).